The van der Waals surface area contributed by atoms with Gasteiger partial charge in [0, 0.05) is 32.4 Å². The maximum absolute atomic E-state index is 13.1. The summed E-state index contributed by atoms with van der Waals surface area (Å²) in [5, 5.41) is 10.2. The van der Waals surface area contributed by atoms with Gasteiger partial charge in [0.1, 0.15) is 0 Å². The van der Waals surface area contributed by atoms with E-state index in [1.165, 1.54) is 4.90 Å². The number of aliphatic hydroxyl groups is 1. The average Bonchev–Trinajstić information content (AvgIpc) is 2.84. The quantitative estimate of drug-likeness (QED) is 0.846. The molecule has 0 aromatic heterocycles. The molecule has 2 rings (SSSR count). The molecule has 0 bridgehead atoms. The Labute approximate surface area is 106 Å². The molecule has 2 aliphatic carbocycles. The van der Waals surface area contributed by atoms with Crippen LogP contribution in [0.25, 0.3) is 0 Å². The number of halogens is 2. The van der Waals surface area contributed by atoms with Crippen molar-refractivity contribution in [1.82, 2.24) is 4.90 Å². The lowest BCUT2D eigenvalue weighted by molar-refractivity contribution is -0.138. The van der Waals surface area contributed by atoms with Crippen molar-refractivity contribution in [2.24, 2.45) is 5.92 Å². The smallest absolute Gasteiger partial charge is 0.248 e. The number of hydrogen-bond donors (Lipinski definition) is 1. The van der Waals surface area contributed by atoms with Crippen molar-refractivity contribution in [3.8, 4) is 0 Å². The van der Waals surface area contributed by atoms with Gasteiger partial charge in [0.2, 0.25) is 11.8 Å². The first kappa shape index (κ1) is 13.7. The first-order chi connectivity index (χ1) is 8.31. The summed E-state index contributed by atoms with van der Waals surface area (Å²) in [6, 6.07) is 0. The van der Waals surface area contributed by atoms with E-state index in [0.29, 0.717) is 12.8 Å². The molecule has 0 aliphatic heterocycles. The van der Waals surface area contributed by atoms with E-state index in [2.05, 4.69) is 0 Å². The highest BCUT2D eigenvalue weighted by Crippen LogP contribution is 2.40. The fourth-order valence-electron chi connectivity index (χ4n) is 3.18. The number of alkyl halides is 2. The topological polar surface area (TPSA) is 40.5 Å². The van der Waals surface area contributed by atoms with Crippen molar-refractivity contribution in [3.05, 3.63) is 0 Å². The molecule has 0 saturated heterocycles. The molecule has 2 aliphatic rings. The zero-order valence-corrected chi connectivity index (χ0v) is 10.8. The van der Waals surface area contributed by atoms with Gasteiger partial charge in [-0.3, -0.25) is 4.79 Å². The van der Waals surface area contributed by atoms with Crippen LogP contribution in [-0.2, 0) is 4.79 Å². The Morgan fingerprint density at radius 2 is 1.94 bits per heavy atom. The number of hydrogen-bond acceptors (Lipinski definition) is 2. The van der Waals surface area contributed by atoms with Gasteiger partial charge in [-0.15, -0.1) is 0 Å². The van der Waals surface area contributed by atoms with E-state index in [1.54, 1.807) is 7.05 Å². The van der Waals surface area contributed by atoms with Crippen LogP contribution >= 0.6 is 0 Å². The van der Waals surface area contributed by atoms with E-state index in [1.807, 2.05) is 0 Å². The summed E-state index contributed by atoms with van der Waals surface area (Å²) < 4.78 is 26.2. The second-order valence-corrected chi connectivity index (χ2v) is 5.92. The van der Waals surface area contributed by atoms with Gasteiger partial charge in [-0.25, -0.2) is 8.78 Å². The first-order valence-corrected chi connectivity index (χ1v) is 6.67. The number of likely N-dealkylation sites (N-methyl/N-ethyl adjacent to an activating group) is 1. The lowest BCUT2D eigenvalue weighted by Crippen LogP contribution is -2.44. The van der Waals surface area contributed by atoms with Crippen molar-refractivity contribution < 1.29 is 18.7 Å². The molecule has 3 nitrogen and oxygen atoms in total. The van der Waals surface area contributed by atoms with Crippen LogP contribution in [0, 0.1) is 5.92 Å². The SMILES string of the molecule is CN(CC1(O)CCCC1)C(=O)C1CCC(F)(F)C1. The average molecular weight is 261 g/mol. The van der Waals surface area contributed by atoms with Crippen molar-refractivity contribution in [3.63, 3.8) is 0 Å². The van der Waals surface area contributed by atoms with Crippen LogP contribution in [0.15, 0.2) is 0 Å². The summed E-state index contributed by atoms with van der Waals surface area (Å²) >= 11 is 0. The van der Waals surface area contributed by atoms with Crippen LogP contribution in [0.1, 0.15) is 44.9 Å². The lowest BCUT2D eigenvalue weighted by atomic mass is 10.0. The second kappa shape index (κ2) is 4.76. The number of nitrogens with zero attached hydrogens (tertiary/aromatic N) is 1. The van der Waals surface area contributed by atoms with Crippen LogP contribution in [0.4, 0.5) is 8.78 Å². The zero-order chi connectivity index (χ0) is 13.4. The molecular weight excluding hydrogens is 240 g/mol. The first-order valence-electron chi connectivity index (χ1n) is 6.67. The summed E-state index contributed by atoms with van der Waals surface area (Å²) in [6.45, 7) is 0.272. The van der Waals surface area contributed by atoms with E-state index in [-0.39, 0.29) is 31.7 Å². The number of amides is 1. The van der Waals surface area contributed by atoms with Crippen molar-refractivity contribution in [2.45, 2.75) is 56.5 Å². The molecule has 1 N–H and O–H groups in total. The summed E-state index contributed by atoms with van der Waals surface area (Å²) in [7, 11) is 1.61. The van der Waals surface area contributed by atoms with Gasteiger partial charge in [0.15, 0.2) is 0 Å². The summed E-state index contributed by atoms with van der Waals surface area (Å²) in [5.74, 6) is -3.51. The minimum atomic E-state index is -2.69. The lowest BCUT2D eigenvalue weighted by Gasteiger charge is -2.30. The molecule has 18 heavy (non-hydrogen) atoms. The largest absolute Gasteiger partial charge is 0.388 e. The predicted octanol–water partition coefficient (Wildman–Crippen LogP) is 2.19. The Balaban J connectivity index is 1.89. The molecule has 1 amide bonds. The molecule has 104 valence electrons. The summed E-state index contributed by atoms with van der Waals surface area (Å²) in [4.78, 5) is 13.5. The number of rotatable bonds is 3. The molecule has 1 unspecified atom stereocenters. The number of carbonyl (C=O) groups excluding carboxylic acids is 1. The van der Waals surface area contributed by atoms with Gasteiger partial charge in [0.05, 0.1) is 5.60 Å². The van der Waals surface area contributed by atoms with Crippen LogP contribution in [-0.4, -0.2) is 41.0 Å². The maximum atomic E-state index is 13.1. The van der Waals surface area contributed by atoms with Crippen LogP contribution in [0.5, 0.6) is 0 Å². The van der Waals surface area contributed by atoms with Gasteiger partial charge in [0.25, 0.3) is 0 Å². The molecule has 1 atom stereocenters. The van der Waals surface area contributed by atoms with Crippen molar-refractivity contribution >= 4 is 5.91 Å². The van der Waals surface area contributed by atoms with Gasteiger partial charge in [-0.1, -0.05) is 12.8 Å². The van der Waals surface area contributed by atoms with Crippen LogP contribution in [0.2, 0.25) is 0 Å². The maximum Gasteiger partial charge on any atom is 0.248 e. The number of carbonyl (C=O) groups is 1. The Morgan fingerprint density at radius 3 is 2.44 bits per heavy atom. The highest BCUT2D eigenvalue weighted by molar-refractivity contribution is 5.79. The molecule has 2 saturated carbocycles. The predicted molar refractivity (Wildman–Crippen MR) is 63.3 cm³/mol. The van der Waals surface area contributed by atoms with Crippen LogP contribution < -0.4 is 0 Å². The minimum absolute atomic E-state index is 0.193. The second-order valence-electron chi connectivity index (χ2n) is 5.92. The Hall–Kier alpha value is -0.710. The molecule has 0 aromatic rings. The van der Waals surface area contributed by atoms with E-state index in [4.69, 9.17) is 0 Å². The van der Waals surface area contributed by atoms with Gasteiger partial charge in [-0.2, -0.15) is 0 Å². The fraction of sp³-hybridized carbons (Fsp3) is 0.923. The van der Waals surface area contributed by atoms with Gasteiger partial charge in [-0.05, 0) is 19.3 Å². The zero-order valence-electron chi connectivity index (χ0n) is 10.8. The van der Waals surface area contributed by atoms with Gasteiger partial charge < -0.3 is 10.0 Å². The normalized spacial score (nSPS) is 29.4. The van der Waals surface area contributed by atoms with Gasteiger partial charge >= 0.3 is 0 Å². The van der Waals surface area contributed by atoms with E-state index in [0.717, 1.165) is 12.8 Å². The third kappa shape index (κ3) is 2.99. The highest BCUT2D eigenvalue weighted by Gasteiger charge is 2.44. The molecule has 2 fully saturated rings. The van der Waals surface area contributed by atoms with Crippen molar-refractivity contribution in [1.29, 1.82) is 0 Å². The highest BCUT2D eigenvalue weighted by atomic mass is 19.3. The van der Waals surface area contributed by atoms with Crippen LogP contribution in [0.3, 0.4) is 0 Å². The molecule has 0 radical (unpaired) electrons. The Bertz CT molecular complexity index is 327. The van der Waals surface area contributed by atoms with E-state index >= 15 is 0 Å². The molecule has 0 spiro atoms. The third-order valence-electron chi connectivity index (χ3n) is 4.19. The summed E-state index contributed by atoms with van der Waals surface area (Å²) in [5.41, 5.74) is -0.800. The standard InChI is InChI=1S/C13H21F2NO2/c1-16(9-12(18)5-2-3-6-12)11(17)10-4-7-13(14,15)8-10/h10,18H,2-9H2,1H3. The Morgan fingerprint density at radius 1 is 1.33 bits per heavy atom. The fourth-order valence-corrected chi connectivity index (χ4v) is 3.18. The molecule has 5 heteroatoms. The molecule has 0 heterocycles. The molecular formula is C13H21F2NO2. The third-order valence-corrected chi connectivity index (χ3v) is 4.19. The van der Waals surface area contributed by atoms with E-state index in [9.17, 15) is 18.7 Å². The molecule has 0 aromatic carbocycles. The monoisotopic (exact) mass is 261 g/mol. The Kier molecular flexibility index (Phi) is 3.63. The van der Waals surface area contributed by atoms with E-state index < -0.39 is 17.4 Å². The van der Waals surface area contributed by atoms with Crippen molar-refractivity contribution in [2.75, 3.05) is 13.6 Å². The summed E-state index contributed by atoms with van der Waals surface area (Å²) in [6.07, 6.45) is 3.07. The minimum Gasteiger partial charge on any atom is -0.388 e.